The number of nitrogens with zero attached hydrogens (tertiary/aromatic N) is 2. The molecule has 1 aliphatic carbocycles. The number of benzene rings is 3. The highest BCUT2D eigenvalue weighted by Gasteiger charge is 2.27. The molecular formula is C23H14N2O3. The van der Waals surface area contributed by atoms with Gasteiger partial charge in [-0.3, -0.25) is 14.4 Å². The van der Waals surface area contributed by atoms with Gasteiger partial charge in [0.1, 0.15) is 12.0 Å². The average Bonchev–Trinajstić information content (AvgIpc) is 2.74. The number of carbonyl (C=O) groups is 2. The second-order valence-corrected chi connectivity index (χ2v) is 6.73. The smallest absolute Gasteiger partial charge is 0.275 e. The fourth-order valence-electron chi connectivity index (χ4n) is 3.81. The maximum atomic E-state index is 13.1. The van der Waals surface area contributed by atoms with Crippen molar-refractivity contribution in [2.75, 3.05) is 0 Å². The number of hydrogen-bond acceptors (Lipinski definition) is 4. The monoisotopic (exact) mass is 366 g/mol. The van der Waals surface area contributed by atoms with Crippen LogP contribution in [0, 0.1) is 0 Å². The van der Waals surface area contributed by atoms with E-state index in [9.17, 15) is 14.4 Å². The molecule has 0 unspecified atom stereocenters. The summed E-state index contributed by atoms with van der Waals surface area (Å²) < 4.78 is 1.37. The highest BCUT2D eigenvalue weighted by molar-refractivity contribution is 6.25. The molecule has 0 atom stereocenters. The molecule has 0 amide bonds. The van der Waals surface area contributed by atoms with Crippen molar-refractivity contribution in [3.05, 3.63) is 99.3 Å². The van der Waals surface area contributed by atoms with E-state index in [-0.39, 0.29) is 17.9 Å². The minimum Gasteiger partial charge on any atom is -0.298 e. The first-order valence-electron chi connectivity index (χ1n) is 8.90. The molecule has 1 aromatic heterocycles. The van der Waals surface area contributed by atoms with Crippen molar-refractivity contribution in [1.82, 2.24) is 9.78 Å². The van der Waals surface area contributed by atoms with E-state index in [1.165, 1.54) is 4.68 Å². The lowest BCUT2D eigenvalue weighted by Crippen LogP contribution is -2.27. The minimum atomic E-state index is -0.284. The van der Waals surface area contributed by atoms with Gasteiger partial charge in [-0.1, -0.05) is 60.7 Å². The Hall–Kier alpha value is -3.86. The Bertz CT molecular complexity index is 1350. The Balaban J connectivity index is 1.82. The zero-order chi connectivity index (χ0) is 19.3. The second kappa shape index (κ2) is 6.09. The van der Waals surface area contributed by atoms with E-state index in [0.717, 1.165) is 11.8 Å². The van der Waals surface area contributed by atoms with E-state index in [0.29, 0.717) is 38.7 Å². The van der Waals surface area contributed by atoms with Gasteiger partial charge in [0, 0.05) is 27.6 Å². The van der Waals surface area contributed by atoms with Crippen molar-refractivity contribution in [1.29, 1.82) is 0 Å². The van der Waals surface area contributed by atoms with Gasteiger partial charge in [-0.05, 0) is 11.6 Å². The summed E-state index contributed by atoms with van der Waals surface area (Å²) in [7, 11) is 0. The quantitative estimate of drug-likeness (QED) is 0.459. The Morgan fingerprint density at radius 1 is 0.821 bits per heavy atom. The molecule has 0 saturated heterocycles. The van der Waals surface area contributed by atoms with Crippen LogP contribution in [0.25, 0.3) is 22.0 Å². The highest BCUT2D eigenvalue weighted by atomic mass is 16.1. The van der Waals surface area contributed by atoms with Crippen molar-refractivity contribution in [3.8, 4) is 11.3 Å². The first-order chi connectivity index (χ1) is 13.7. The summed E-state index contributed by atoms with van der Waals surface area (Å²) >= 11 is 0. The van der Waals surface area contributed by atoms with E-state index >= 15 is 0 Å². The van der Waals surface area contributed by atoms with Gasteiger partial charge >= 0.3 is 0 Å². The van der Waals surface area contributed by atoms with Crippen LogP contribution in [0.15, 0.2) is 71.5 Å². The van der Waals surface area contributed by atoms with Crippen LogP contribution >= 0.6 is 0 Å². The number of carbonyl (C=O) groups excluding carboxylic acids is 2. The molecule has 28 heavy (non-hydrogen) atoms. The first kappa shape index (κ1) is 16.3. The number of fused-ring (bicyclic) bond motifs is 2. The Morgan fingerprint density at radius 3 is 2.36 bits per heavy atom. The minimum absolute atomic E-state index is 0.0982. The van der Waals surface area contributed by atoms with Gasteiger partial charge in [0.15, 0.2) is 5.78 Å². The van der Waals surface area contributed by atoms with Crippen molar-refractivity contribution >= 4 is 22.8 Å². The fourth-order valence-corrected chi connectivity index (χ4v) is 3.81. The molecule has 0 fully saturated rings. The molecule has 4 aromatic rings. The Morgan fingerprint density at radius 2 is 1.54 bits per heavy atom. The summed E-state index contributed by atoms with van der Waals surface area (Å²) in [5.41, 5.74) is 3.36. The molecule has 0 aliphatic heterocycles. The van der Waals surface area contributed by atoms with Crippen LogP contribution in [0.4, 0.5) is 0 Å². The molecule has 1 aliphatic rings. The lowest BCUT2D eigenvalue weighted by molar-refractivity contribution is 0.103. The summed E-state index contributed by atoms with van der Waals surface area (Å²) in [6, 6.07) is 19.6. The molecule has 0 saturated carbocycles. The molecule has 3 aromatic carbocycles. The van der Waals surface area contributed by atoms with E-state index in [4.69, 9.17) is 0 Å². The van der Waals surface area contributed by atoms with Crippen LogP contribution in [0.2, 0.25) is 0 Å². The summed E-state index contributed by atoms with van der Waals surface area (Å²) in [6.45, 7) is 0.178. The maximum Gasteiger partial charge on any atom is 0.275 e. The number of ketones is 1. The molecule has 0 N–H and O–H groups in total. The van der Waals surface area contributed by atoms with Crippen LogP contribution in [-0.4, -0.2) is 21.8 Å². The largest absolute Gasteiger partial charge is 0.298 e. The van der Waals surface area contributed by atoms with Gasteiger partial charge in [-0.25, -0.2) is 4.68 Å². The SMILES string of the molecule is O=Cc1ccccc1Cn1nc2c3c(cccc3c1=O)C(=O)c1ccccc1-2. The standard InChI is InChI=1S/C23H14N2O3/c26-13-15-7-2-1-6-14(15)12-25-23(28)19-11-5-10-18-20(19)21(24-25)16-8-3-4-9-17(16)22(18)27/h1-11,13H,12H2. The van der Waals surface area contributed by atoms with Crippen LogP contribution in [-0.2, 0) is 6.54 Å². The summed E-state index contributed by atoms with van der Waals surface area (Å²) in [4.78, 5) is 37.3. The molecule has 0 bridgehead atoms. The van der Waals surface area contributed by atoms with E-state index in [1.807, 2.05) is 30.3 Å². The third-order valence-electron chi connectivity index (χ3n) is 5.16. The lowest BCUT2D eigenvalue weighted by Gasteiger charge is -2.20. The Labute approximate surface area is 159 Å². The Kier molecular flexibility index (Phi) is 3.55. The zero-order valence-corrected chi connectivity index (χ0v) is 14.8. The fraction of sp³-hybridized carbons (Fsp3) is 0.0435. The molecule has 0 radical (unpaired) electrons. The molecule has 134 valence electrons. The molecule has 0 spiro atoms. The van der Waals surface area contributed by atoms with Gasteiger partial charge in [0.05, 0.1) is 11.9 Å². The van der Waals surface area contributed by atoms with Gasteiger partial charge < -0.3 is 0 Å². The van der Waals surface area contributed by atoms with Gasteiger partial charge in [-0.15, -0.1) is 0 Å². The normalized spacial score (nSPS) is 12.1. The van der Waals surface area contributed by atoms with E-state index in [2.05, 4.69) is 5.10 Å². The third kappa shape index (κ3) is 2.26. The van der Waals surface area contributed by atoms with Crippen molar-refractivity contribution in [2.45, 2.75) is 6.54 Å². The average molecular weight is 366 g/mol. The first-order valence-corrected chi connectivity index (χ1v) is 8.90. The van der Waals surface area contributed by atoms with Crippen molar-refractivity contribution in [3.63, 3.8) is 0 Å². The van der Waals surface area contributed by atoms with Crippen LogP contribution in [0.3, 0.4) is 0 Å². The molecular weight excluding hydrogens is 352 g/mol. The van der Waals surface area contributed by atoms with Crippen molar-refractivity contribution in [2.24, 2.45) is 0 Å². The van der Waals surface area contributed by atoms with Gasteiger partial charge in [0.2, 0.25) is 0 Å². The molecule has 5 rings (SSSR count). The van der Waals surface area contributed by atoms with Crippen LogP contribution < -0.4 is 5.56 Å². The molecule has 5 nitrogen and oxygen atoms in total. The number of rotatable bonds is 3. The number of aromatic nitrogens is 2. The van der Waals surface area contributed by atoms with Crippen molar-refractivity contribution < 1.29 is 9.59 Å². The summed E-state index contributed by atoms with van der Waals surface area (Å²) in [5.74, 6) is -0.0982. The maximum absolute atomic E-state index is 13.1. The topological polar surface area (TPSA) is 69.0 Å². The highest BCUT2D eigenvalue weighted by Crippen LogP contribution is 2.36. The lowest BCUT2D eigenvalue weighted by atomic mass is 9.86. The summed E-state index contributed by atoms with van der Waals surface area (Å²) in [6.07, 6.45) is 0.775. The summed E-state index contributed by atoms with van der Waals surface area (Å²) in [5, 5.41) is 5.66. The molecule has 1 heterocycles. The number of aldehydes is 1. The van der Waals surface area contributed by atoms with Gasteiger partial charge in [-0.2, -0.15) is 5.10 Å². The van der Waals surface area contributed by atoms with E-state index < -0.39 is 0 Å². The predicted molar refractivity (Wildman–Crippen MR) is 106 cm³/mol. The molecule has 5 heteroatoms. The predicted octanol–water partition coefficient (Wildman–Crippen LogP) is 3.47. The second-order valence-electron chi connectivity index (χ2n) is 6.73. The van der Waals surface area contributed by atoms with Crippen LogP contribution in [0.1, 0.15) is 31.8 Å². The zero-order valence-electron chi connectivity index (χ0n) is 14.8. The van der Waals surface area contributed by atoms with E-state index in [1.54, 1.807) is 36.4 Å². The van der Waals surface area contributed by atoms with Crippen LogP contribution in [0.5, 0.6) is 0 Å². The number of hydrogen-bond donors (Lipinski definition) is 0. The van der Waals surface area contributed by atoms with Gasteiger partial charge in [0.25, 0.3) is 5.56 Å². The third-order valence-corrected chi connectivity index (χ3v) is 5.16.